The molecule has 1 aromatic rings. The van der Waals surface area contributed by atoms with Crippen LogP contribution >= 0.6 is 0 Å². The molecular weight excluding hydrogens is 294 g/mol. The standard InChI is InChI=1S/C17H21N3O3/c1-13(2)17(22)20-11-10-19-16(21)8-5-14-3-6-15(7-4-14)23-12-9-18/h3-8,13H,10-12H2,1-2H3,(H,19,21)(H,20,22). The molecule has 0 aliphatic carbocycles. The maximum absolute atomic E-state index is 11.6. The monoisotopic (exact) mass is 315 g/mol. The fraction of sp³-hybridized carbons (Fsp3) is 0.353. The zero-order valence-electron chi connectivity index (χ0n) is 13.3. The molecular formula is C17H21N3O3. The third-order valence-corrected chi connectivity index (χ3v) is 2.86. The molecule has 0 spiro atoms. The molecule has 0 aromatic heterocycles. The summed E-state index contributed by atoms with van der Waals surface area (Å²) in [5.41, 5.74) is 0.845. The van der Waals surface area contributed by atoms with Crippen molar-refractivity contribution in [2.24, 2.45) is 5.92 Å². The van der Waals surface area contributed by atoms with E-state index in [1.54, 1.807) is 30.3 Å². The molecule has 0 aliphatic heterocycles. The first-order chi connectivity index (χ1) is 11.0. The lowest BCUT2D eigenvalue weighted by Gasteiger charge is -2.07. The van der Waals surface area contributed by atoms with Crippen LogP contribution in [0, 0.1) is 17.2 Å². The number of benzene rings is 1. The largest absolute Gasteiger partial charge is 0.479 e. The van der Waals surface area contributed by atoms with Gasteiger partial charge in [0.15, 0.2) is 6.61 Å². The van der Waals surface area contributed by atoms with E-state index in [9.17, 15) is 9.59 Å². The van der Waals surface area contributed by atoms with E-state index >= 15 is 0 Å². The lowest BCUT2D eigenvalue weighted by atomic mass is 10.2. The number of hydrogen-bond acceptors (Lipinski definition) is 4. The smallest absolute Gasteiger partial charge is 0.244 e. The van der Waals surface area contributed by atoms with E-state index in [-0.39, 0.29) is 24.3 Å². The number of nitrogens with one attached hydrogen (secondary N) is 2. The lowest BCUT2D eigenvalue weighted by Crippen LogP contribution is -2.35. The third kappa shape index (κ3) is 7.67. The molecule has 0 unspecified atom stereocenters. The Labute approximate surface area is 136 Å². The van der Waals surface area contributed by atoms with Crippen LogP contribution < -0.4 is 15.4 Å². The van der Waals surface area contributed by atoms with E-state index in [0.29, 0.717) is 18.8 Å². The molecule has 0 radical (unpaired) electrons. The Hall–Kier alpha value is -2.81. The summed E-state index contributed by atoms with van der Waals surface area (Å²) in [5.74, 6) is 0.279. The van der Waals surface area contributed by atoms with E-state index in [2.05, 4.69) is 10.6 Å². The first-order valence-corrected chi connectivity index (χ1v) is 7.36. The van der Waals surface area contributed by atoms with Gasteiger partial charge in [-0.1, -0.05) is 26.0 Å². The highest BCUT2D eigenvalue weighted by molar-refractivity contribution is 5.91. The van der Waals surface area contributed by atoms with Crippen LogP contribution in [0.25, 0.3) is 6.08 Å². The summed E-state index contributed by atoms with van der Waals surface area (Å²) in [6.07, 6.45) is 3.10. The summed E-state index contributed by atoms with van der Waals surface area (Å²) in [6.45, 7) is 4.41. The Morgan fingerprint density at radius 1 is 1.22 bits per heavy atom. The Bertz CT molecular complexity index is 586. The molecule has 0 bridgehead atoms. The highest BCUT2D eigenvalue weighted by Gasteiger charge is 2.04. The molecule has 0 fully saturated rings. The first kappa shape index (κ1) is 18.2. The van der Waals surface area contributed by atoms with Gasteiger partial charge in [0, 0.05) is 25.1 Å². The van der Waals surface area contributed by atoms with Crippen LogP contribution in [0.4, 0.5) is 0 Å². The molecule has 6 heteroatoms. The average Bonchev–Trinajstić information content (AvgIpc) is 2.55. The van der Waals surface area contributed by atoms with Crippen LogP contribution in [0.1, 0.15) is 19.4 Å². The van der Waals surface area contributed by atoms with Crippen molar-refractivity contribution in [1.82, 2.24) is 10.6 Å². The zero-order valence-corrected chi connectivity index (χ0v) is 13.3. The van der Waals surface area contributed by atoms with Gasteiger partial charge in [0.25, 0.3) is 0 Å². The quantitative estimate of drug-likeness (QED) is 0.561. The van der Waals surface area contributed by atoms with E-state index < -0.39 is 0 Å². The minimum absolute atomic E-state index is 0.00490. The van der Waals surface area contributed by atoms with Crippen molar-refractivity contribution in [3.05, 3.63) is 35.9 Å². The molecule has 2 N–H and O–H groups in total. The molecule has 1 aromatic carbocycles. The van der Waals surface area contributed by atoms with Crippen LogP contribution in [0.3, 0.4) is 0 Å². The van der Waals surface area contributed by atoms with Gasteiger partial charge in [0.1, 0.15) is 11.8 Å². The molecule has 0 atom stereocenters. The molecule has 0 saturated carbocycles. The van der Waals surface area contributed by atoms with Gasteiger partial charge in [-0.2, -0.15) is 5.26 Å². The Morgan fingerprint density at radius 2 is 1.87 bits per heavy atom. The van der Waals surface area contributed by atoms with Crippen LogP contribution in [-0.4, -0.2) is 31.5 Å². The summed E-state index contributed by atoms with van der Waals surface area (Å²) in [6, 6.07) is 8.94. The summed E-state index contributed by atoms with van der Waals surface area (Å²) in [4.78, 5) is 23.0. The molecule has 0 heterocycles. The number of rotatable bonds is 8. The number of carbonyl (C=O) groups excluding carboxylic acids is 2. The zero-order chi connectivity index (χ0) is 17.1. The van der Waals surface area contributed by atoms with Crippen LogP contribution in [0.15, 0.2) is 30.3 Å². The number of ether oxygens (including phenoxy) is 1. The van der Waals surface area contributed by atoms with Gasteiger partial charge in [-0.05, 0) is 23.8 Å². The molecule has 0 saturated heterocycles. The van der Waals surface area contributed by atoms with Crippen molar-refractivity contribution in [2.75, 3.05) is 19.7 Å². The molecule has 2 amide bonds. The number of hydrogen-bond donors (Lipinski definition) is 2. The Balaban J connectivity index is 2.32. The van der Waals surface area contributed by atoms with Gasteiger partial charge in [-0.3, -0.25) is 9.59 Å². The van der Waals surface area contributed by atoms with Crippen molar-refractivity contribution in [2.45, 2.75) is 13.8 Å². The van der Waals surface area contributed by atoms with Crippen LogP contribution in [0.5, 0.6) is 5.75 Å². The van der Waals surface area contributed by atoms with Crippen molar-refractivity contribution in [3.63, 3.8) is 0 Å². The van der Waals surface area contributed by atoms with E-state index in [0.717, 1.165) is 5.56 Å². The summed E-state index contributed by atoms with van der Waals surface area (Å²) >= 11 is 0. The Morgan fingerprint density at radius 3 is 2.48 bits per heavy atom. The number of amides is 2. The molecule has 122 valence electrons. The third-order valence-electron chi connectivity index (χ3n) is 2.86. The second kappa shape index (κ2) is 10.0. The van der Waals surface area contributed by atoms with Gasteiger partial charge in [0.05, 0.1) is 0 Å². The molecule has 6 nitrogen and oxygen atoms in total. The van der Waals surface area contributed by atoms with E-state index in [1.165, 1.54) is 6.08 Å². The van der Waals surface area contributed by atoms with Crippen molar-refractivity contribution in [3.8, 4) is 11.8 Å². The van der Waals surface area contributed by atoms with Gasteiger partial charge >= 0.3 is 0 Å². The van der Waals surface area contributed by atoms with E-state index in [4.69, 9.17) is 10.00 Å². The number of carbonyl (C=O) groups is 2. The predicted octanol–water partition coefficient (Wildman–Crippen LogP) is 1.49. The fourth-order valence-corrected chi connectivity index (χ4v) is 1.60. The highest BCUT2D eigenvalue weighted by Crippen LogP contribution is 2.12. The minimum atomic E-state index is -0.228. The normalized spacial score (nSPS) is 10.3. The number of nitrogens with zero attached hydrogens (tertiary/aromatic N) is 1. The highest BCUT2D eigenvalue weighted by atomic mass is 16.5. The van der Waals surface area contributed by atoms with Gasteiger partial charge < -0.3 is 15.4 Å². The predicted molar refractivity (Wildman–Crippen MR) is 87.4 cm³/mol. The topological polar surface area (TPSA) is 91.2 Å². The van der Waals surface area contributed by atoms with Gasteiger partial charge in [0.2, 0.25) is 11.8 Å². The molecule has 0 aliphatic rings. The minimum Gasteiger partial charge on any atom is -0.479 e. The SMILES string of the molecule is CC(C)C(=O)NCCNC(=O)C=Cc1ccc(OCC#N)cc1. The second-order valence-corrected chi connectivity index (χ2v) is 5.09. The average molecular weight is 315 g/mol. The maximum atomic E-state index is 11.6. The van der Waals surface area contributed by atoms with Crippen molar-refractivity contribution < 1.29 is 14.3 Å². The van der Waals surface area contributed by atoms with Crippen LogP contribution in [0.2, 0.25) is 0 Å². The van der Waals surface area contributed by atoms with E-state index in [1.807, 2.05) is 19.9 Å². The van der Waals surface area contributed by atoms with Crippen LogP contribution in [-0.2, 0) is 9.59 Å². The van der Waals surface area contributed by atoms with Gasteiger partial charge in [-0.25, -0.2) is 0 Å². The summed E-state index contributed by atoms with van der Waals surface area (Å²) in [5, 5.41) is 13.8. The lowest BCUT2D eigenvalue weighted by molar-refractivity contribution is -0.124. The molecule has 1 rings (SSSR count). The van der Waals surface area contributed by atoms with Crippen molar-refractivity contribution in [1.29, 1.82) is 5.26 Å². The van der Waals surface area contributed by atoms with Gasteiger partial charge in [-0.15, -0.1) is 0 Å². The molecule has 23 heavy (non-hydrogen) atoms. The fourth-order valence-electron chi connectivity index (χ4n) is 1.60. The summed E-state index contributed by atoms with van der Waals surface area (Å²) in [7, 11) is 0. The second-order valence-electron chi connectivity index (χ2n) is 5.09. The Kier molecular flexibility index (Phi) is 7.94. The number of nitriles is 1. The summed E-state index contributed by atoms with van der Waals surface area (Å²) < 4.78 is 5.14. The first-order valence-electron chi connectivity index (χ1n) is 7.36. The van der Waals surface area contributed by atoms with Crippen molar-refractivity contribution >= 4 is 17.9 Å². The maximum Gasteiger partial charge on any atom is 0.244 e.